The number of aromatic nitrogens is 2. The number of aryl methyl sites for hydroxylation is 2. The molecule has 0 aliphatic rings. The third-order valence-electron chi connectivity index (χ3n) is 3.22. The maximum absolute atomic E-state index is 9.07. The van der Waals surface area contributed by atoms with Gasteiger partial charge in [-0.25, -0.2) is 4.98 Å². The molecule has 0 amide bonds. The molecule has 5 heteroatoms. The first kappa shape index (κ1) is 13.2. The highest BCUT2D eigenvalue weighted by Crippen LogP contribution is 2.30. The monoisotopic (exact) mass is 301 g/mol. The van der Waals surface area contributed by atoms with Gasteiger partial charge in [-0.3, -0.25) is 4.40 Å². The van der Waals surface area contributed by atoms with E-state index in [2.05, 4.69) is 11.1 Å². The van der Waals surface area contributed by atoms with Crippen molar-refractivity contribution in [2.45, 2.75) is 20.3 Å². The summed E-state index contributed by atoms with van der Waals surface area (Å²) in [7, 11) is 0. The van der Waals surface area contributed by atoms with E-state index in [1.165, 1.54) is 4.88 Å². The Balaban J connectivity index is 2.24. The van der Waals surface area contributed by atoms with Crippen LogP contribution < -0.4 is 0 Å². The summed E-state index contributed by atoms with van der Waals surface area (Å²) in [6, 6.07) is 8.07. The molecule has 0 atom stereocenters. The van der Waals surface area contributed by atoms with Crippen LogP contribution in [0, 0.1) is 25.2 Å². The minimum absolute atomic E-state index is 0.342. The Morgan fingerprint density at radius 1 is 1.40 bits per heavy atom. The van der Waals surface area contributed by atoms with E-state index < -0.39 is 0 Å². The average molecular weight is 302 g/mol. The van der Waals surface area contributed by atoms with Gasteiger partial charge in [-0.05, 0) is 31.5 Å². The summed E-state index contributed by atoms with van der Waals surface area (Å²) in [5.74, 6) is 0. The van der Waals surface area contributed by atoms with Crippen molar-refractivity contribution >= 4 is 27.9 Å². The first-order chi connectivity index (χ1) is 9.60. The van der Waals surface area contributed by atoms with Crippen molar-refractivity contribution in [3.05, 3.63) is 45.6 Å². The summed E-state index contributed by atoms with van der Waals surface area (Å²) in [6.45, 7) is 4.01. The maximum atomic E-state index is 9.07. The third-order valence-corrected chi connectivity index (χ3v) is 4.54. The van der Waals surface area contributed by atoms with Crippen LogP contribution in [-0.2, 0) is 6.42 Å². The van der Waals surface area contributed by atoms with Crippen LogP contribution >= 0.6 is 22.9 Å². The van der Waals surface area contributed by atoms with Gasteiger partial charge >= 0.3 is 0 Å². The molecular weight excluding hydrogens is 290 g/mol. The van der Waals surface area contributed by atoms with Gasteiger partial charge in [-0.2, -0.15) is 5.26 Å². The normalized spacial score (nSPS) is 10.9. The highest BCUT2D eigenvalue weighted by Gasteiger charge is 2.16. The summed E-state index contributed by atoms with van der Waals surface area (Å²) >= 11 is 7.70. The molecule has 3 rings (SSSR count). The highest BCUT2D eigenvalue weighted by molar-refractivity contribution is 7.17. The Bertz CT molecular complexity index is 839. The summed E-state index contributed by atoms with van der Waals surface area (Å²) in [5.41, 5.74) is 3.83. The van der Waals surface area contributed by atoms with Crippen LogP contribution in [0.15, 0.2) is 24.4 Å². The van der Waals surface area contributed by atoms with Gasteiger partial charge in [0.2, 0.25) is 0 Å². The Hall–Kier alpha value is -1.83. The van der Waals surface area contributed by atoms with Crippen LogP contribution in [-0.4, -0.2) is 9.38 Å². The topological polar surface area (TPSA) is 41.1 Å². The van der Waals surface area contributed by atoms with Crippen molar-refractivity contribution < 1.29 is 0 Å². The van der Waals surface area contributed by atoms with Crippen molar-refractivity contribution in [2.75, 3.05) is 0 Å². The lowest BCUT2D eigenvalue weighted by molar-refractivity contribution is 1.07. The molecule has 2 aromatic heterocycles. The lowest BCUT2D eigenvalue weighted by atomic mass is 10.1. The predicted octanol–water partition coefficient (Wildman–Crippen LogP) is 4.40. The largest absolute Gasteiger partial charge is 0.293 e. The Kier molecular flexibility index (Phi) is 3.25. The van der Waals surface area contributed by atoms with Crippen LogP contribution in [0.5, 0.6) is 0 Å². The number of fused-ring (bicyclic) bond motifs is 1. The molecule has 100 valence electrons. The molecule has 2 heterocycles. The molecule has 0 bridgehead atoms. The van der Waals surface area contributed by atoms with E-state index >= 15 is 0 Å². The van der Waals surface area contributed by atoms with Crippen molar-refractivity contribution in [2.24, 2.45) is 0 Å². The second kappa shape index (κ2) is 4.93. The van der Waals surface area contributed by atoms with Crippen LogP contribution in [0.1, 0.15) is 16.1 Å². The molecule has 0 aliphatic carbocycles. The summed E-state index contributed by atoms with van der Waals surface area (Å²) in [4.78, 5) is 6.79. The van der Waals surface area contributed by atoms with E-state index in [0.29, 0.717) is 6.42 Å². The number of nitrogens with zero attached hydrogens (tertiary/aromatic N) is 3. The second-order valence-corrected chi connectivity index (χ2v) is 6.32. The zero-order valence-corrected chi connectivity index (χ0v) is 12.7. The van der Waals surface area contributed by atoms with Crippen molar-refractivity contribution in [3.63, 3.8) is 0 Å². The fraction of sp³-hybridized carbons (Fsp3) is 0.200. The lowest BCUT2D eigenvalue weighted by Gasteiger charge is -2.03. The van der Waals surface area contributed by atoms with E-state index in [-0.39, 0.29) is 0 Å². The van der Waals surface area contributed by atoms with Crippen molar-refractivity contribution in [1.82, 2.24) is 9.38 Å². The number of thiazole rings is 1. The fourth-order valence-electron chi connectivity index (χ4n) is 2.27. The molecule has 0 saturated carbocycles. The van der Waals surface area contributed by atoms with Gasteiger partial charge in [0.25, 0.3) is 0 Å². The van der Waals surface area contributed by atoms with Crippen molar-refractivity contribution in [1.29, 1.82) is 5.26 Å². The predicted molar refractivity (Wildman–Crippen MR) is 82.3 cm³/mol. The Morgan fingerprint density at radius 2 is 2.20 bits per heavy atom. The molecule has 0 spiro atoms. The molecule has 0 N–H and O–H groups in total. The molecule has 0 aliphatic heterocycles. The van der Waals surface area contributed by atoms with Gasteiger partial charge in [0.05, 0.1) is 23.9 Å². The molecule has 3 nitrogen and oxygen atoms in total. The van der Waals surface area contributed by atoms with Gasteiger partial charge < -0.3 is 0 Å². The number of halogens is 1. The van der Waals surface area contributed by atoms with Crippen LogP contribution in [0.2, 0.25) is 5.02 Å². The van der Waals surface area contributed by atoms with E-state index in [1.807, 2.05) is 42.6 Å². The van der Waals surface area contributed by atoms with Gasteiger partial charge in [0.15, 0.2) is 4.96 Å². The Labute approximate surface area is 126 Å². The van der Waals surface area contributed by atoms with Gasteiger partial charge in [0, 0.05) is 21.7 Å². The van der Waals surface area contributed by atoms with E-state index in [4.69, 9.17) is 16.9 Å². The lowest BCUT2D eigenvalue weighted by Crippen LogP contribution is -1.92. The molecule has 0 saturated heterocycles. The zero-order chi connectivity index (χ0) is 14.3. The smallest absolute Gasteiger partial charge is 0.194 e. The average Bonchev–Trinajstić information content (AvgIpc) is 2.91. The molecule has 20 heavy (non-hydrogen) atoms. The molecule has 0 radical (unpaired) electrons. The standard InChI is InChI=1S/C15H12ClN3S/c1-9-7-11(3-4-12(9)16)14-13(5-6-17)19-8-10(2)20-15(19)18-14/h3-4,7-8H,5H2,1-2H3. The highest BCUT2D eigenvalue weighted by atomic mass is 35.5. The number of benzene rings is 1. The van der Waals surface area contributed by atoms with E-state index in [0.717, 1.165) is 32.5 Å². The fourth-order valence-corrected chi connectivity index (χ4v) is 3.23. The minimum atomic E-state index is 0.342. The van der Waals surface area contributed by atoms with Gasteiger partial charge in [-0.15, -0.1) is 11.3 Å². The van der Waals surface area contributed by atoms with Crippen LogP contribution in [0.3, 0.4) is 0 Å². The first-order valence-electron chi connectivity index (χ1n) is 6.21. The molecule has 1 aromatic carbocycles. The van der Waals surface area contributed by atoms with Crippen molar-refractivity contribution in [3.8, 4) is 17.3 Å². The third kappa shape index (κ3) is 2.09. The number of hydrogen-bond donors (Lipinski definition) is 0. The molecule has 0 fully saturated rings. The molecule has 3 aromatic rings. The Morgan fingerprint density at radius 3 is 2.90 bits per heavy atom. The van der Waals surface area contributed by atoms with E-state index in [1.54, 1.807) is 11.3 Å². The minimum Gasteiger partial charge on any atom is -0.293 e. The van der Waals surface area contributed by atoms with Gasteiger partial charge in [0.1, 0.15) is 0 Å². The van der Waals surface area contributed by atoms with Crippen LogP contribution in [0.4, 0.5) is 0 Å². The number of nitriles is 1. The van der Waals surface area contributed by atoms with Gasteiger partial charge in [-0.1, -0.05) is 17.7 Å². The summed E-state index contributed by atoms with van der Waals surface area (Å²) in [5, 5.41) is 9.81. The number of hydrogen-bond acceptors (Lipinski definition) is 3. The summed E-state index contributed by atoms with van der Waals surface area (Å²) in [6.07, 6.45) is 2.38. The number of rotatable bonds is 2. The first-order valence-corrected chi connectivity index (χ1v) is 7.40. The SMILES string of the molecule is Cc1cn2c(CC#N)c(-c3ccc(Cl)c(C)c3)nc2s1. The molecular formula is C15H12ClN3S. The molecule has 0 unspecified atom stereocenters. The van der Waals surface area contributed by atoms with Crippen LogP contribution in [0.25, 0.3) is 16.2 Å². The van der Waals surface area contributed by atoms with E-state index in [9.17, 15) is 0 Å². The summed E-state index contributed by atoms with van der Waals surface area (Å²) < 4.78 is 2.02. The number of imidazole rings is 1. The maximum Gasteiger partial charge on any atom is 0.194 e. The zero-order valence-electron chi connectivity index (χ0n) is 11.1. The quantitative estimate of drug-likeness (QED) is 0.704. The second-order valence-electron chi connectivity index (χ2n) is 4.70.